The van der Waals surface area contributed by atoms with E-state index >= 15 is 0 Å². The van der Waals surface area contributed by atoms with Gasteiger partial charge in [-0.05, 0) is 24.2 Å². The summed E-state index contributed by atoms with van der Waals surface area (Å²) >= 11 is 0. The Morgan fingerprint density at radius 3 is 1.56 bits per heavy atom. The van der Waals surface area contributed by atoms with E-state index in [1.807, 2.05) is 0 Å². The molecule has 0 spiro atoms. The van der Waals surface area contributed by atoms with E-state index in [0.717, 1.165) is 6.42 Å². The predicted molar refractivity (Wildman–Crippen MR) is 30.6 cm³/mol. The molecule has 4 bridgehead atoms. The topological polar surface area (TPSA) is 40.5 Å². The average molecular weight is 126 g/mol. The van der Waals surface area contributed by atoms with Crippen molar-refractivity contribution in [3.63, 3.8) is 0 Å². The highest BCUT2D eigenvalue weighted by Crippen LogP contribution is 2.70. The van der Waals surface area contributed by atoms with Gasteiger partial charge < -0.3 is 10.2 Å². The first-order valence-electron chi connectivity index (χ1n) is 3.67. The molecule has 4 aliphatic carbocycles. The zero-order chi connectivity index (χ0) is 6.17. The lowest BCUT2D eigenvalue weighted by Gasteiger charge is -2.09. The smallest absolute Gasteiger partial charge is 0.0627 e. The highest BCUT2D eigenvalue weighted by molar-refractivity contribution is 5.21. The van der Waals surface area contributed by atoms with Gasteiger partial charge in [-0.2, -0.15) is 0 Å². The average Bonchev–Trinajstić information content (AvgIpc) is 2.18. The van der Waals surface area contributed by atoms with E-state index in [4.69, 9.17) is 0 Å². The van der Waals surface area contributed by atoms with Gasteiger partial charge in [0.25, 0.3) is 0 Å². The van der Waals surface area contributed by atoms with Crippen LogP contribution in [0.5, 0.6) is 0 Å². The summed E-state index contributed by atoms with van der Waals surface area (Å²) in [6.07, 6.45) is 0.808. The highest BCUT2D eigenvalue weighted by Gasteiger charge is 2.73. The summed E-state index contributed by atoms with van der Waals surface area (Å²) in [4.78, 5) is 0. The van der Waals surface area contributed by atoms with Crippen LogP contribution in [-0.4, -0.2) is 22.4 Å². The van der Waals surface area contributed by atoms with Crippen LogP contribution in [0.2, 0.25) is 0 Å². The zero-order valence-corrected chi connectivity index (χ0v) is 5.07. The molecule has 50 valence electrons. The maximum absolute atomic E-state index is 9.36. The van der Waals surface area contributed by atoms with Crippen molar-refractivity contribution in [1.82, 2.24) is 0 Å². The summed E-state index contributed by atoms with van der Waals surface area (Å²) < 4.78 is 0. The number of hydrogen-bond donors (Lipinski definition) is 2. The number of aliphatic hydroxyl groups excluding tert-OH is 2. The molecule has 4 aliphatic rings. The molecule has 2 N–H and O–H groups in total. The fourth-order valence-corrected chi connectivity index (χ4v) is 3.07. The third kappa shape index (κ3) is 0.310. The minimum Gasteiger partial charge on any atom is -0.392 e. The number of aliphatic hydroxyl groups is 2. The van der Waals surface area contributed by atoms with Gasteiger partial charge in [0.2, 0.25) is 0 Å². The second-order valence-corrected chi connectivity index (χ2v) is 3.70. The first-order chi connectivity index (χ1) is 4.30. The van der Waals surface area contributed by atoms with E-state index < -0.39 is 0 Å². The minimum atomic E-state index is -0.144. The van der Waals surface area contributed by atoms with Crippen molar-refractivity contribution in [3.05, 3.63) is 0 Å². The van der Waals surface area contributed by atoms with Crippen LogP contribution in [0.25, 0.3) is 0 Å². The van der Waals surface area contributed by atoms with Crippen LogP contribution >= 0.6 is 0 Å². The van der Waals surface area contributed by atoms with Crippen molar-refractivity contribution >= 4 is 0 Å². The summed E-state index contributed by atoms with van der Waals surface area (Å²) in [5.41, 5.74) is 0. The largest absolute Gasteiger partial charge is 0.392 e. The van der Waals surface area contributed by atoms with Crippen molar-refractivity contribution in [2.45, 2.75) is 18.6 Å². The van der Waals surface area contributed by atoms with Crippen molar-refractivity contribution < 1.29 is 10.2 Å². The maximum Gasteiger partial charge on any atom is 0.0627 e. The Labute approximate surface area is 53.5 Å². The summed E-state index contributed by atoms with van der Waals surface area (Å²) in [7, 11) is 0. The van der Waals surface area contributed by atoms with Crippen LogP contribution in [-0.2, 0) is 0 Å². The molecule has 9 heavy (non-hydrogen) atoms. The molecule has 0 aromatic carbocycles. The Morgan fingerprint density at radius 1 is 0.889 bits per heavy atom. The van der Waals surface area contributed by atoms with Gasteiger partial charge >= 0.3 is 0 Å². The monoisotopic (exact) mass is 126 g/mol. The molecule has 4 saturated carbocycles. The first-order valence-corrected chi connectivity index (χ1v) is 3.67. The molecule has 2 heteroatoms. The third-order valence-corrected chi connectivity index (χ3v) is 3.50. The van der Waals surface area contributed by atoms with Crippen molar-refractivity contribution in [2.24, 2.45) is 23.7 Å². The Bertz CT molecular complexity index is 148. The molecular formula is C7H10O2. The second-order valence-electron chi connectivity index (χ2n) is 3.70. The Balaban J connectivity index is 2.07. The fraction of sp³-hybridized carbons (Fsp3) is 1.00. The standard InChI is InChI=1S/C7H10O2/c8-6-3-1-2-4(6)5(2)7(3)9/h2-9H,1H2/t2?,3?,4-,5-,6+,7+/m0/s1. The van der Waals surface area contributed by atoms with Crippen molar-refractivity contribution in [3.8, 4) is 0 Å². The fourth-order valence-electron chi connectivity index (χ4n) is 3.07. The van der Waals surface area contributed by atoms with Crippen LogP contribution in [0.15, 0.2) is 0 Å². The van der Waals surface area contributed by atoms with Crippen LogP contribution in [0.1, 0.15) is 6.42 Å². The molecule has 4 atom stereocenters. The third-order valence-electron chi connectivity index (χ3n) is 3.50. The van der Waals surface area contributed by atoms with E-state index in [1.165, 1.54) is 0 Å². The van der Waals surface area contributed by atoms with Gasteiger partial charge in [0.15, 0.2) is 0 Å². The summed E-state index contributed by atoms with van der Waals surface area (Å²) in [6.45, 7) is 0. The lowest BCUT2D eigenvalue weighted by atomic mass is 10.1. The SMILES string of the molecule is O[C@@H]1C2CC3[C@H]1[C@H]3[C@@H]2O. The van der Waals surface area contributed by atoms with Crippen molar-refractivity contribution in [1.29, 1.82) is 0 Å². The summed E-state index contributed by atoms with van der Waals surface area (Å²) in [5, 5.41) is 18.7. The number of hydrogen-bond acceptors (Lipinski definition) is 2. The molecule has 0 unspecified atom stereocenters. The number of rotatable bonds is 0. The summed E-state index contributed by atoms with van der Waals surface area (Å²) in [5.74, 6) is 1.97. The lowest BCUT2D eigenvalue weighted by Crippen LogP contribution is -2.19. The Kier molecular flexibility index (Phi) is 0.552. The molecule has 0 radical (unpaired) electrons. The normalized spacial score (nSPS) is 75.3. The molecule has 2 nitrogen and oxygen atoms in total. The van der Waals surface area contributed by atoms with E-state index in [-0.39, 0.29) is 18.1 Å². The van der Waals surface area contributed by atoms with E-state index in [2.05, 4.69) is 0 Å². The second kappa shape index (κ2) is 1.06. The highest BCUT2D eigenvalue weighted by atomic mass is 16.3. The van der Waals surface area contributed by atoms with Gasteiger partial charge in [-0.25, -0.2) is 0 Å². The molecule has 4 fully saturated rings. The molecule has 0 amide bonds. The Hall–Kier alpha value is -0.0800. The van der Waals surface area contributed by atoms with Gasteiger partial charge in [0.1, 0.15) is 0 Å². The molecular weight excluding hydrogens is 116 g/mol. The van der Waals surface area contributed by atoms with E-state index in [1.54, 1.807) is 0 Å². The Morgan fingerprint density at radius 2 is 1.44 bits per heavy atom. The molecule has 4 rings (SSSR count). The van der Waals surface area contributed by atoms with E-state index in [0.29, 0.717) is 17.8 Å². The van der Waals surface area contributed by atoms with Crippen LogP contribution < -0.4 is 0 Å². The van der Waals surface area contributed by atoms with Gasteiger partial charge in [-0.15, -0.1) is 0 Å². The summed E-state index contributed by atoms with van der Waals surface area (Å²) in [6, 6.07) is 0. The molecule has 0 aromatic heterocycles. The van der Waals surface area contributed by atoms with Gasteiger partial charge in [-0.1, -0.05) is 0 Å². The van der Waals surface area contributed by atoms with Crippen molar-refractivity contribution in [2.75, 3.05) is 0 Å². The molecule has 0 saturated heterocycles. The zero-order valence-electron chi connectivity index (χ0n) is 5.07. The maximum atomic E-state index is 9.36. The van der Waals surface area contributed by atoms with E-state index in [9.17, 15) is 10.2 Å². The minimum absolute atomic E-state index is 0.144. The van der Waals surface area contributed by atoms with Crippen LogP contribution in [0, 0.1) is 23.7 Å². The first kappa shape index (κ1) is 4.69. The lowest BCUT2D eigenvalue weighted by molar-refractivity contribution is 0.0713. The predicted octanol–water partition coefficient (Wildman–Crippen LogP) is -0.396. The van der Waals surface area contributed by atoms with Gasteiger partial charge in [0, 0.05) is 5.92 Å². The van der Waals surface area contributed by atoms with Gasteiger partial charge in [0.05, 0.1) is 12.2 Å². The van der Waals surface area contributed by atoms with Gasteiger partial charge in [-0.3, -0.25) is 0 Å². The molecule has 0 heterocycles. The van der Waals surface area contributed by atoms with Crippen LogP contribution in [0.4, 0.5) is 0 Å². The quantitative estimate of drug-likeness (QED) is 0.464. The molecule has 0 aromatic rings. The van der Waals surface area contributed by atoms with Crippen LogP contribution in [0.3, 0.4) is 0 Å². The molecule has 0 aliphatic heterocycles.